The van der Waals surface area contributed by atoms with Crippen LogP contribution in [-0.2, 0) is 11.3 Å². The summed E-state index contributed by atoms with van der Waals surface area (Å²) < 4.78 is 5.05. The van der Waals surface area contributed by atoms with Crippen molar-refractivity contribution in [3.8, 4) is 0 Å². The van der Waals surface area contributed by atoms with E-state index in [0.717, 1.165) is 31.5 Å². The van der Waals surface area contributed by atoms with Crippen molar-refractivity contribution in [3.05, 3.63) is 17.5 Å². The van der Waals surface area contributed by atoms with E-state index < -0.39 is 5.54 Å². The molecule has 0 saturated carbocycles. The zero-order valence-corrected chi connectivity index (χ0v) is 11.6. The van der Waals surface area contributed by atoms with Crippen molar-refractivity contribution < 1.29 is 9.32 Å². The van der Waals surface area contributed by atoms with Gasteiger partial charge in [0.05, 0.1) is 17.8 Å². The fourth-order valence-electron chi connectivity index (χ4n) is 2.11. The second-order valence-electron chi connectivity index (χ2n) is 4.83. The quantitative estimate of drug-likeness (QED) is 0.877. The smallest absolute Gasteiger partial charge is 0.240 e. The lowest BCUT2D eigenvalue weighted by atomic mass is 9.90. The number of carbonyl (C=O) groups excluding carboxylic acids is 1. The Kier molecular flexibility index (Phi) is 5.16. The zero-order valence-electron chi connectivity index (χ0n) is 10.8. The summed E-state index contributed by atoms with van der Waals surface area (Å²) in [5.41, 5.74) is 0.393. The number of amides is 1. The van der Waals surface area contributed by atoms with E-state index in [1.165, 1.54) is 0 Å². The van der Waals surface area contributed by atoms with Gasteiger partial charge in [0, 0.05) is 6.07 Å². The molecule has 0 spiro atoms. The van der Waals surface area contributed by atoms with Crippen molar-refractivity contribution in [1.82, 2.24) is 15.8 Å². The standard InChI is InChI=1S/C12H19N3O2.ClH/c1-9-7-10(17-15-9)8-13-11(16)12(2)5-3-4-6-14-12;/h7,14H,3-6,8H2,1-2H3,(H,13,16);1H. The summed E-state index contributed by atoms with van der Waals surface area (Å²) in [5, 5.41) is 9.95. The molecule has 0 aliphatic carbocycles. The van der Waals surface area contributed by atoms with Crippen LogP contribution in [0, 0.1) is 6.92 Å². The molecular weight excluding hydrogens is 254 g/mol. The van der Waals surface area contributed by atoms with Crippen LogP contribution < -0.4 is 10.6 Å². The molecule has 2 rings (SSSR count). The molecule has 2 heterocycles. The van der Waals surface area contributed by atoms with Crippen molar-refractivity contribution in [2.75, 3.05) is 6.54 Å². The van der Waals surface area contributed by atoms with Crippen LogP contribution >= 0.6 is 12.4 Å². The number of carbonyl (C=O) groups is 1. The van der Waals surface area contributed by atoms with E-state index in [-0.39, 0.29) is 18.3 Å². The summed E-state index contributed by atoms with van der Waals surface area (Å²) in [6.45, 7) is 5.12. The molecule has 5 nitrogen and oxygen atoms in total. The maximum Gasteiger partial charge on any atom is 0.240 e. The van der Waals surface area contributed by atoms with Crippen molar-refractivity contribution in [3.63, 3.8) is 0 Å². The number of aryl methyl sites for hydroxylation is 1. The summed E-state index contributed by atoms with van der Waals surface area (Å²) in [5.74, 6) is 0.724. The highest BCUT2D eigenvalue weighted by atomic mass is 35.5. The molecule has 1 atom stereocenters. The van der Waals surface area contributed by atoms with Crippen LogP contribution in [0.2, 0.25) is 0 Å². The lowest BCUT2D eigenvalue weighted by Crippen LogP contribution is -2.56. The Balaban J connectivity index is 0.00000162. The minimum absolute atomic E-state index is 0. The van der Waals surface area contributed by atoms with Gasteiger partial charge < -0.3 is 15.2 Å². The second kappa shape index (κ2) is 6.20. The predicted molar refractivity (Wildman–Crippen MR) is 70.6 cm³/mol. The number of nitrogens with zero attached hydrogens (tertiary/aromatic N) is 1. The molecule has 1 unspecified atom stereocenters. The highest BCUT2D eigenvalue weighted by Gasteiger charge is 2.33. The first-order valence-corrected chi connectivity index (χ1v) is 6.06. The molecule has 1 aromatic heterocycles. The van der Waals surface area contributed by atoms with E-state index in [1.807, 2.05) is 19.9 Å². The molecule has 0 bridgehead atoms. The van der Waals surface area contributed by atoms with Crippen LogP contribution in [0.4, 0.5) is 0 Å². The molecule has 1 amide bonds. The molecule has 6 heteroatoms. The average Bonchev–Trinajstić information content (AvgIpc) is 2.73. The summed E-state index contributed by atoms with van der Waals surface area (Å²) in [6, 6.07) is 1.83. The Bertz CT molecular complexity index is 400. The first-order valence-electron chi connectivity index (χ1n) is 6.06. The van der Waals surface area contributed by atoms with Gasteiger partial charge in [0.2, 0.25) is 5.91 Å². The van der Waals surface area contributed by atoms with Crippen molar-refractivity contribution in [1.29, 1.82) is 0 Å². The van der Waals surface area contributed by atoms with E-state index >= 15 is 0 Å². The maximum absolute atomic E-state index is 12.1. The molecule has 1 aromatic rings. The molecule has 0 aromatic carbocycles. The first kappa shape index (κ1) is 15.0. The van der Waals surface area contributed by atoms with Gasteiger partial charge in [-0.1, -0.05) is 5.16 Å². The Morgan fingerprint density at radius 2 is 2.39 bits per heavy atom. The van der Waals surface area contributed by atoms with Crippen LogP contribution in [0.3, 0.4) is 0 Å². The van der Waals surface area contributed by atoms with E-state index in [2.05, 4.69) is 15.8 Å². The normalized spacial score (nSPS) is 23.2. The first-order chi connectivity index (χ1) is 8.10. The van der Waals surface area contributed by atoms with E-state index in [1.54, 1.807) is 0 Å². The Morgan fingerprint density at radius 3 is 2.94 bits per heavy atom. The van der Waals surface area contributed by atoms with Crippen LogP contribution in [0.5, 0.6) is 0 Å². The van der Waals surface area contributed by atoms with Gasteiger partial charge >= 0.3 is 0 Å². The number of nitrogens with one attached hydrogen (secondary N) is 2. The summed E-state index contributed by atoms with van der Waals surface area (Å²) in [7, 11) is 0. The summed E-state index contributed by atoms with van der Waals surface area (Å²) >= 11 is 0. The van der Waals surface area contributed by atoms with Crippen molar-refractivity contribution in [2.24, 2.45) is 0 Å². The summed E-state index contributed by atoms with van der Waals surface area (Å²) in [4.78, 5) is 12.1. The van der Waals surface area contributed by atoms with Crippen LogP contribution in [0.25, 0.3) is 0 Å². The highest BCUT2D eigenvalue weighted by molar-refractivity contribution is 5.86. The number of hydrogen-bond donors (Lipinski definition) is 2. The monoisotopic (exact) mass is 273 g/mol. The largest absolute Gasteiger partial charge is 0.359 e. The van der Waals surface area contributed by atoms with Gasteiger partial charge in [0.1, 0.15) is 0 Å². The SMILES string of the molecule is Cc1cc(CNC(=O)C2(C)CCCCN2)on1.Cl. The second-order valence-corrected chi connectivity index (χ2v) is 4.83. The fourth-order valence-corrected chi connectivity index (χ4v) is 2.11. The molecular formula is C12H20ClN3O2. The van der Waals surface area contributed by atoms with Gasteiger partial charge in [-0.15, -0.1) is 12.4 Å². The summed E-state index contributed by atoms with van der Waals surface area (Å²) in [6.07, 6.45) is 3.12. The number of rotatable bonds is 3. The van der Waals surface area contributed by atoms with E-state index in [9.17, 15) is 4.79 Å². The number of aromatic nitrogens is 1. The third-order valence-corrected chi connectivity index (χ3v) is 3.22. The van der Waals surface area contributed by atoms with Crippen LogP contribution in [0.15, 0.2) is 10.6 Å². The minimum Gasteiger partial charge on any atom is -0.359 e. The number of piperidine rings is 1. The van der Waals surface area contributed by atoms with Crippen molar-refractivity contribution in [2.45, 2.75) is 45.2 Å². The Labute approximate surface area is 113 Å². The molecule has 1 aliphatic heterocycles. The average molecular weight is 274 g/mol. The third-order valence-electron chi connectivity index (χ3n) is 3.22. The molecule has 1 saturated heterocycles. The predicted octanol–water partition coefficient (Wildman–Crippen LogP) is 1.55. The maximum atomic E-state index is 12.1. The van der Waals surface area contributed by atoms with E-state index in [4.69, 9.17) is 4.52 Å². The highest BCUT2D eigenvalue weighted by Crippen LogP contribution is 2.18. The Morgan fingerprint density at radius 1 is 1.61 bits per heavy atom. The molecule has 0 radical (unpaired) electrons. The fraction of sp³-hybridized carbons (Fsp3) is 0.667. The molecule has 102 valence electrons. The lowest BCUT2D eigenvalue weighted by molar-refractivity contribution is -0.128. The molecule has 18 heavy (non-hydrogen) atoms. The van der Waals surface area contributed by atoms with E-state index in [0.29, 0.717) is 12.3 Å². The van der Waals surface area contributed by atoms with Crippen LogP contribution in [0.1, 0.15) is 37.6 Å². The van der Waals surface area contributed by atoms with Gasteiger partial charge in [-0.3, -0.25) is 4.79 Å². The van der Waals surface area contributed by atoms with Gasteiger partial charge in [0.15, 0.2) is 5.76 Å². The van der Waals surface area contributed by atoms with Crippen LogP contribution in [-0.4, -0.2) is 23.1 Å². The minimum atomic E-state index is -0.437. The van der Waals surface area contributed by atoms with Gasteiger partial charge in [-0.2, -0.15) is 0 Å². The third kappa shape index (κ3) is 3.46. The van der Waals surface area contributed by atoms with Gasteiger partial charge in [-0.25, -0.2) is 0 Å². The molecule has 1 fully saturated rings. The van der Waals surface area contributed by atoms with Gasteiger partial charge in [0.25, 0.3) is 0 Å². The Hall–Kier alpha value is -1.07. The molecule has 1 aliphatic rings. The van der Waals surface area contributed by atoms with Crippen molar-refractivity contribution >= 4 is 18.3 Å². The lowest BCUT2D eigenvalue weighted by Gasteiger charge is -2.33. The number of hydrogen-bond acceptors (Lipinski definition) is 4. The molecule has 2 N–H and O–H groups in total. The number of halogens is 1. The topological polar surface area (TPSA) is 67.2 Å². The van der Waals surface area contributed by atoms with Gasteiger partial charge in [-0.05, 0) is 39.7 Å². The zero-order chi connectivity index (χ0) is 12.3.